The maximum Gasteiger partial charge on any atom is 0.279 e. The van der Waals surface area contributed by atoms with Gasteiger partial charge in [-0.15, -0.1) is 0 Å². The van der Waals surface area contributed by atoms with Gasteiger partial charge in [0.05, 0.1) is 30.2 Å². The van der Waals surface area contributed by atoms with Crippen LogP contribution in [0.3, 0.4) is 0 Å². The SMILES string of the molecule is COc1ccccc1C(=O)NC(c1ccccc1)C1CCC(NS(=O)(=O)N2CCC(C#N)(c3ccccc3)CC2)CC1. The average molecular weight is 587 g/mol. The highest BCUT2D eigenvalue weighted by atomic mass is 32.2. The molecular formula is C33H38N4O4S. The minimum Gasteiger partial charge on any atom is -0.496 e. The molecule has 1 amide bonds. The van der Waals surface area contributed by atoms with E-state index < -0.39 is 15.6 Å². The molecule has 220 valence electrons. The molecule has 42 heavy (non-hydrogen) atoms. The number of benzene rings is 3. The Kier molecular flexibility index (Phi) is 9.27. The summed E-state index contributed by atoms with van der Waals surface area (Å²) in [6, 6.07) is 28.8. The minimum atomic E-state index is -3.69. The number of nitrogens with zero attached hydrogens (tertiary/aromatic N) is 2. The van der Waals surface area contributed by atoms with Crippen LogP contribution in [0.5, 0.6) is 5.75 Å². The molecule has 1 aliphatic heterocycles. The van der Waals surface area contributed by atoms with Crippen molar-refractivity contribution in [2.24, 2.45) is 5.92 Å². The van der Waals surface area contributed by atoms with Gasteiger partial charge in [-0.25, -0.2) is 0 Å². The molecule has 1 aliphatic carbocycles. The summed E-state index contributed by atoms with van der Waals surface area (Å²) in [4.78, 5) is 13.3. The summed E-state index contributed by atoms with van der Waals surface area (Å²) in [6.45, 7) is 0.608. The third-order valence-corrected chi connectivity index (χ3v) is 10.5. The number of hydrogen-bond acceptors (Lipinski definition) is 5. The summed E-state index contributed by atoms with van der Waals surface area (Å²) >= 11 is 0. The van der Waals surface area contributed by atoms with E-state index >= 15 is 0 Å². The van der Waals surface area contributed by atoms with Crippen molar-refractivity contribution in [1.29, 1.82) is 5.26 Å². The van der Waals surface area contributed by atoms with Gasteiger partial charge in [-0.2, -0.15) is 22.7 Å². The standard InChI is InChI=1S/C33H38N4O4S/c1-41-30-15-9-8-14-29(30)32(38)35-31(25-10-4-2-5-11-25)26-16-18-28(19-17-26)36-42(39,40)37-22-20-33(24-34,21-23-37)27-12-6-3-7-13-27/h2-15,26,28,31,36H,16-23H2,1H3,(H,35,38). The Morgan fingerprint density at radius 3 is 2.14 bits per heavy atom. The van der Waals surface area contributed by atoms with Crippen LogP contribution in [-0.2, 0) is 15.6 Å². The molecule has 5 rings (SSSR count). The third kappa shape index (κ3) is 6.51. The van der Waals surface area contributed by atoms with Gasteiger partial charge in [-0.1, -0.05) is 72.8 Å². The van der Waals surface area contributed by atoms with E-state index in [4.69, 9.17) is 4.74 Å². The first kappa shape index (κ1) is 29.8. The molecule has 1 saturated heterocycles. The molecule has 1 unspecified atom stereocenters. The van der Waals surface area contributed by atoms with Crippen LogP contribution in [-0.4, -0.2) is 44.9 Å². The molecule has 2 N–H and O–H groups in total. The molecule has 1 atom stereocenters. The molecule has 1 heterocycles. The van der Waals surface area contributed by atoms with E-state index in [1.54, 1.807) is 19.2 Å². The summed E-state index contributed by atoms with van der Waals surface area (Å²) in [5, 5.41) is 13.2. The van der Waals surface area contributed by atoms with Crippen molar-refractivity contribution in [3.8, 4) is 11.8 Å². The van der Waals surface area contributed by atoms with Crippen LogP contribution >= 0.6 is 0 Å². The van der Waals surface area contributed by atoms with E-state index in [9.17, 15) is 18.5 Å². The molecule has 0 aromatic heterocycles. The molecule has 0 bridgehead atoms. The van der Waals surface area contributed by atoms with Crippen LogP contribution in [0.15, 0.2) is 84.9 Å². The second-order valence-corrected chi connectivity index (χ2v) is 13.0. The molecule has 1 saturated carbocycles. The lowest BCUT2D eigenvalue weighted by Crippen LogP contribution is -2.51. The summed E-state index contributed by atoms with van der Waals surface area (Å²) in [5.41, 5.74) is 1.79. The number of para-hydroxylation sites is 1. The zero-order chi connectivity index (χ0) is 29.6. The molecule has 2 fully saturated rings. The van der Waals surface area contributed by atoms with Crippen LogP contribution in [0.25, 0.3) is 0 Å². The van der Waals surface area contributed by atoms with Crippen molar-refractivity contribution in [2.45, 2.75) is 56.0 Å². The molecule has 9 heteroatoms. The van der Waals surface area contributed by atoms with Gasteiger partial charge in [0.25, 0.3) is 16.1 Å². The molecule has 2 aliphatic rings. The smallest absolute Gasteiger partial charge is 0.279 e. The number of rotatable bonds is 9. The molecule has 3 aromatic rings. The number of nitrogens with one attached hydrogen (secondary N) is 2. The number of hydrogen-bond donors (Lipinski definition) is 2. The molecule has 8 nitrogen and oxygen atoms in total. The maximum absolute atomic E-state index is 13.4. The number of carbonyl (C=O) groups is 1. The lowest BCUT2D eigenvalue weighted by Gasteiger charge is -2.38. The molecule has 3 aromatic carbocycles. The number of carbonyl (C=O) groups excluding carboxylic acids is 1. The van der Waals surface area contributed by atoms with E-state index in [2.05, 4.69) is 16.1 Å². The van der Waals surface area contributed by atoms with Crippen molar-refractivity contribution in [2.75, 3.05) is 20.2 Å². The first-order chi connectivity index (χ1) is 20.3. The average Bonchev–Trinajstić information content (AvgIpc) is 3.04. The number of nitriles is 1. The lowest BCUT2D eigenvalue weighted by molar-refractivity contribution is 0.0907. The number of amides is 1. The Morgan fingerprint density at radius 1 is 0.929 bits per heavy atom. The second kappa shape index (κ2) is 13.1. The summed E-state index contributed by atoms with van der Waals surface area (Å²) in [6.07, 6.45) is 3.82. The predicted molar refractivity (Wildman–Crippen MR) is 162 cm³/mol. The minimum absolute atomic E-state index is 0.156. The van der Waals surface area contributed by atoms with E-state index in [0.29, 0.717) is 50.1 Å². The van der Waals surface area contributed by atoms with Gasteiger partial charge < -0.3 is 10.1 Å². The van der Waals surface area contributed by atoms with Gasteiger partial charge in [0.1, 0.15) is 5.75 Å². The topological polar surface area (TPSA) is 112 Å². The Labute approximate surface area is 248 Å². The fourth-order valence-corrected chi connectivity index (χ4v) is 7.84. The quantitative estimate of drug-likeness (QED) is 0.362. The Morgan fingerprint density at radius 2 is 1.52 bits per heavy atom. The van der Waals surface area contributed by atoms with Gasteiger partial charge >= 0.3 is 0 Å². The van der Waals surface area contributed by atoms with Gasteiger partial charge in [0.15, 0.2) is 0 Å². The van der Waals surface area contributed by atoms with Crippen molar-refractivity contribution in [3.05, 3.63) is 102 Å². The van der Waals surface area contributed by atoms with Crippen LogP contribution in [0.4, 0.5) is 0 Å². The first-order valence-electron chi connectivity index (χ1n) is 14.6. The van der Waals surface area contributed by atoms with Gasteiger partial charge in [0.2, 0.25) is 0 Å². The highest BCUT2D eigenvalue weighted by molar-refractivity contribution is 7.87. The van der Waals surface area contributed by atoms with Crippen LogP contribution in [0.1, 0.15) is 66.1 Å². The van der Waals surface area contributed by atoms with E-state index in [0.717, 1.165) is 24.0 Å². The van der Waals surface area contributed by atoms with Crippen LogP contribution in [0, 0.1) is 17.2 Å². The predicted octanol–water partition coefficient (Wildman–Crippen LogP) is 5.12. The Balaban J connectivity index is 1.21. The normalized spacial score (nSPS) is 21.5. The zero-order valence-electron chi connectivity index (χ0n) is 23.9. The van der Waals surface area contributed by atoms with E-state index in [1.807, 2.05) is 72.8 Å². The summed E-state index contributed by atoms with van der Waals surface area (Å²) in [5.74, 6) is 0.482. The van der Waals surface area contributed by atoms with Crippen molar-refractivity contribution < 1.29 is 17.9 Å². The monoisotopic (exact) mass is 586 g/mol. The highest BCUT2D eigenvalue weighted by Crippen LogP contribution is 2.37. The number of ether oxygens (including phenoxy) is 1. The summed E-state index contributed by atoms with van der Waals surface area (Å²) < 4.78 is 36.5. The first-order valence-corrected chi connectivity index (χ1v) is 16.0. The van der Waals surface area contributed by atoms with Gasteiger partial charge in [0, 0.05) is 19.1 Å². The lowest BCUT2D eigenvalue weighted by atomic mass is 9.74. The third-order valence-electron chi connectivity index (χ3n) is 8.81. The molecular weight excluding hydrogens is 548 g/mol. The van der Waals surface area contributed by atoms with Crippen molar-refractivity contribution >= 4 is 16.1 Å². The molecule has 0 radical (unpaired) electrons. The highest BCUT2D eigenvalue weighted by Gasteiger charge is 2.40. The Bertz CT molecular complexity index is 1490. The Hall–Kier alpha value is -3.71. The van der Waals surface area contributed by atoms with Gasteiger partial charge in [-0.3, -0.25) is 4.79 Å². The van der Waals surface area contributed by atoms with E-state index in [-0.39, 0.29) is 23.9 Å². The number of piperidine rings is 1. The van der Waals surface area contributed by atoms with E-state index in [1.165, 1.54) is 4.31 Å². The largest absolute Gasteiger partial charge is 0.496 e. The van der Waals surface area contributed by atoms with Crippen LogP contribution in [0.2, 0.25) is 0 Å². The molecule has 0 spiro atoms. The zero-order valence-corrected chi connectivity index (χ0v) is 24.7. The number of methoxy groups -OCH3 is 1. The second-order valence-electron chi connectivity index (χ2n) is 11.3. The summed E-state index contributed by atoms with van der Waals surface area (Å²) in [7, 11) is -2.13. The fourth-order valence-electron chi connectivity index (χ4n) is 6.37. The fraction of sp³-hybridized carbons (Fsp3) is 0.394. The van der Waals surface area contributed by atoms with Crippen molar-refractivity contribution in [1.82, 2.24) is 14.3 Å². The van der Waals surface area contributed by atoms with Crippen molar-refractivity contribution in [3.63, 3.8) is 0 Å². The maximum atomic E-state index is 13.4. The van der Waals surface area contributed by atoms with Gasteiger partial charge in [-0.05, 0) is 67.7 Å². The van der Waals surface area contributed by atoms with Crippen LogP contribution < -0.4 is 14.8 Å².